The Labute approximate surface area is 175 Å². The summed E-state index contributed by atoms with van der Waals surface area (Å²) in [5.74, 6) is 0.827. The van der Waals surface area contributed by atoms with E-state index in [-0.39, 0.29) is 0 Å². The molecule has 1 aliphatic heterocycles. The van der Waals surface area contributed by atoms with Crippen LogP contribution in [0.5, 0.6) is 0 Å². The van der Waals surface area contributed by atoms with Gasteiger partial charge >= 0.3 is 0 Å². The molecule has 0 atom stereocenters. The molecule has 0 N–H and O–H groups in total. The Morgan fingerprint density at radius 1 is 0.931 bits per heavy atom. The van der Waals surface area contributed by atoms with E-state index in [1.54, 1.807) is 0 Å². The molecule has 2 aromatic heterocycles. The average Bonchev–Trinajstić information content (AvgIpc) is 3.23. The molecular formula is C25H23N3S. The summed E-state index contributed by atoms with van der Waals surface area (Å²) in [5.41, 5.74) is 6.09. The summed E-state index contributed by atoms with van der Waals surface area (Å²) in [5, 5.41) is 0. The van der Waals surface area contributed by atoms with E-state index in [0.29, 0.717) is 0 Å². The van der Waals surface area contributed by atoms with Gasteiger partial charge in [-0.3, -0.25) is 4.90 Å². The van der Waals surface area contributed by atoms with Crippen molar-refractivity contribution in [2.24, 2.45) is 0 Å². The van der Waals surface area contributed by atoms with Crippen molar-refractivity contribution in [1.29, 1.82) is 0 Å². The van der Waals surface area contributed by atoms with E-state index in [0.717, 1.165) is 37.4 Å². The molecule has 0 unspecified atom stereocenters. The average molecular weight is 398 g/mol. The summed E-state index contributed by atoms with van der Waals surface area (Å²) in [6, 6.07) is 23.6. The van der Waals surface area contributed by atoms with Gasteiger partial charge in [0.05, 0.1) is 5.69 Å². The first-order valence-electron chi connectivity index (χ1n) is 10.0. The highest BCUT2D eigenvalue weighted by atomic mass is 32.1. The van der Waals surface area contributed by atoms with Crippen LogP contribution >= 0.6 is 11.3 Å². The standard InChI is InChI=1S/C25H23N3S/c1-18-7-9-20(10-8-18)25-26-15-21-13-14-28(17-23(21)27-25)16-22-11-12-24(29-22)19-5-3-2-4-6-19/h2-12,15H,13-14,16-17H2,1H3. The molecule has 0 radical (unpaired) electrons. The summed E-state index contributed by atoms with van der Waals surface area (Å²) in [4.78, 5) is 14.8. The zero-order valence-electron chi connectivity index (χ0n) is 16.5. The van der Waals surface area contributed by atoms with E-state index in [1.165, 1.54) is 32.1 Å². The molecule has 4 heteroatoms. The Morgan fingerprint density at radius 2 is 1.76 bits per heavy atom. The minimum Gasteiger partial charge on any atom is -0.292 e. The Morgan fingerprint density at radius 3 is 2.59 bits per heavy atom. The molecule has 1 aliphatic rings. The summed E-state index contributed by atoms with van der Waals surface area (Å²) in [6.07, 6.45) is 3.04. The molecule has 3 heterocycles. The number of hydrogen-bond acceptors (Lipinski definition) is 4. The largest absolute Gasteiger partial charge is 0.292 e. The van der Waals surface area contributed by atoms with Gasteiger partial charge in [-0.05, 0) is 36.6 Å². The lowest BCUT2D eigenvalue weighted by Gasteiger charge is -2.27. The van der Waals surface area contributed by atoms with Crippen molar-refractivity contribution in [2.75, 3.05) is 6.54 Å². The molecule has 0 aliphatic carbocycles. The SMILES string of the molecule is Cc1ccc(-c2ncc3c(n2)CN(Cc2ccc(-c4ccccc4)s2)CC3)cc1. The molecule has 0 amide bonds. The fourth-order valence-corrected chi connectivity index (χ4v) is 4.83. The predicted octanol–water partition coefficient (Wildman–Crippen LogP) is 5.74. The smallest absolute Gasteiger partial charge is 0.159 e. The summed E-state index contributed by atoms with van der Waals surface area (Å²) >= 11 is 1.89. The topological polar surface area (TPSA) is 29.0 Å². The van der Waals surface area contributed by atoms with E-state index >= 15 is 0 Å². The lowest BCUT2D eigenvalue weighted by atomic mass is 10.1. The van der Waals surface area contributed by atoms with Crippen molar-refractivity contribution >= 4 is 11.3 Å². The summed E-state index contributed by atoms with van der Waals surface area (Å²) in [7, 11) is 0. The van der Waals surface area contributed by atoms with Crippen LogP contribution in [0.15, 0.2) is 72.9 Å². The predicted molar refractivity (Wildman–Crippen MR) is 120 cm³/mol. The van der Waals surface area contributed by atoms with E-state index in [4.69, 9.17) is 4.98 Å². The highest BCUT2D eigenvalue weighted by molar-refractivity contribution is 7.15. The maximum absolute atomic E-state index is 4.91. The zero-order valence-corrected chi connectivity index (χ0v) is 17.3. The zero-order chi connectivity index (χ0) is 19.6. The maximum atomic E-state index is 4.91. The second kappa shape index (κ2) is 7.90. The van der Waals surface area contributed by atoms with Gasteiger partial charge in [0.15, 0.2) is 5.82 Å². The fraction of sp³-hybridized carbons (Fsp3) is 0.200. The number of nitrogens with zero attached hydrogens (tertiary/aromatic N) is 3. The van der Waals surface area contributed by atoms with Crippen LogP contribution < -0.4 is 0 Å². The van der Waals surface area contributed by atoms with Gasteiger partial charge in [0.25, 0.3) is 0 Å². The van der Waals surface area contributed by atoms with Crippen molar-refractivity contribution in [2.45, 2.75) is 26.4 Å². The number of benzene rings is 2. The highest BCUT2D eigenvalue weighted by Gasteiger charge is 2.19. The van der Waals surface area contributed by atoms with Crippen LogP contribution in [-0.4, -0.2) is 21.4 Å². The molecule has 2 aromatic carbocycles. The van der Waals surface area contributed by atoms with Gasteiger partial charge in [-0.2, -0.15) is 0 Å². The van der Waals surface area contributed by atoms with E-state index in [9.17, 15) is 0 Å². The minimum absolute atomic E-state index is 0.827. The van der Waals surface area contributed by atoms with Gasteiger partial charge in [0.1, 0.15) is 0 Å². The Balaban J connectivity index is 1.32. The first-order chi connectivity index (χ1) is 14.2. The lowest BCUT2D eigenvalue weighted by Crippen LogP contribution is -2.30. The quantitative estimate of drug-likeness (QED) is 0.440. The monoisotopic (exact) mass is 397 g/mol. The van der Waals surface area contributed by atoms with Crippen molar-refractivity contribution in [3.8, 4) is 21.8 Å². The van der Waals surface area contributed by atoms with Crippen molar-refractivity contribution in [1.82, 2.24) is 14.9 Å². The molecule has 0 fully saturated rings. The normalized spacial score (nSPS) is 14.0. The third-order valence-electron chi connectivity index (χ3n) is 5.43. The van der Waals surface area contributed by atoms with Crippen molar-refractivity contribution in [3.05, 3.63) is 94.6 Å². The highest BCUT2D eigenvalue weighted by Crippen LogP contribution is 2.30. The third-order valence-corrected chi connectivity index (χ3v) is 6.55. The minimum atomic E-state index is 0.827. The molecule has 29 heavy (non-hydrogen) atoms. The van der Waals surface area contributed by atoms with Gasteiger partial charge in [0, 0.05) is 41.1 Å². The first-order valence-corrected chi connectivity index (χ1v) is 10.8. The molecule has 0 bridgehead atoms. The number of fused-ring (bicyclic) bond motifs is 1. The second-order valence-electron chi connectivity index (χ2n) is 7.62. The first kappa shape index (κ1) is 18.2. The van der Waals surface area contributed by atoms with Crippen LogP contribution in [-0.2, 0) is 19.5 Å². The Bertz CT molecular complexity index is 1120. The molecule has 4 aromatic rings. The lowest BCUT2D eigenvalue weighted by molar-refractivity contribution is 0.243. The van der Waals surface area contributed by atoms with Crippen LogP contribution in [0.2, 0.25) is 0 Å². The van der Waals surface area contributed by atoms with Gasteiger partial charge in [-0.25, -0.2) is 9.97 Å². The number of aromatic nitrogens is 2. The Kier molecular flexibility index (Phi) is 4.96. The van der Waals surface area contributed by atoms with Gasteiger partial charge < -0.3 is 0 Å². The fourth-order valence-electron chi connectivity index (χ4n) is 3.77. The Hall–Kier alpha value is -2.82. The molecule has 144 valence electrons. The number of aryl methyl sites for hydroxylation is 1. The summed E-state index contributed by atoms with van der Waals surface area (Å²) < 4.78 is 0. The van der Waals surface area contributed by atoms with Gasteiger partial charge in [0.2, 0.25) is 0 Å². The van der Waals surface area contributed by atoms with E-state index in [2.05, 4.69) is 83.5 Å². The van der Waals surface area contributed by atoms with E-state index < -0.39 is 0 Å². The van der Waals surface area contributed by atoms with Crippen LogP contribution in [0.1, 0.15) is 21.7 Å². The molecule has 0 saturated heterocycles. The molecule has 3 nitrogen and oxygen atoms in total. The molecule has 0 saturated carbocycles. The van der Waals surface area contributed by atoms with Crippen LogP contribution in [0.4, 0.5) is 0 Å². The molecular weight excluding hydrogens is 374 g/mol. The number of hydrogen-bond donors (Lipinski definition) is 0. The van der Waals surface area contributed by atoms with Crippen LogP contribution in [0.25, 0.3) is 21.8 Å². The summed E-state index contributed by atoms with van der Waals surface area (Å²) in [6.45, 7) is 5.01. The number of rotatable bonds is 4. The van der Waals surface area contributed by atoms with Crippen molar-refractivity contribution in [3.63, 3.8) is 0 Å². The van der Waals surface area contributed by atoms with E-state index in [1.807, 2.05) is 17.5 Å². The van der Waals surface area contributed by atoms with Crippen molar-refractivity contribution < 1.29 is 0 Å². The molecule has 5 rings (SSSR count). The number of thiophene rings is 1. The van der Waals surface area contributed by atoms with Crippen LogP contribution in [0, 0.1) is 6.92 Å². The van der Waals surface area contributed by atoms with Gasteiger partial charge in [-0.15, -0.1) is 11.3 Å². The van der Waals surface area contributed by atoms with Gasteiger partial charge in [-0.1, -0.05) is 60.2 Å². The second-order valence-corrected chi connectivity index (χ2v) is 8.79. The maximum Gasteiger partial charge on any atom is 0.159 e. The molecule has 0 spiro atoms. The third kappa shape index (κ3) is 4.00. The van der Waals surface area contributed by atoms with Crippen LogP contribution in [0.3, 0.4) is 0 Å².